The lowest BCUT2D eigenvalue weighted by Crippen LogP contribution is -2.56. The molecule has 1 unspecified atom stereocenters. The topological polar surface area (TPSA) is 57.7 Å². The maximum Gasteiger partial charge on any atom is 0.238 e. The van der Waals surface area contributed by atoms with Gasteiger partial charge in [0, 0.05) is 37.6 Å². The minimum atomic E-state index is -3.27. The Morgan fingerprint density at radius 2 is 1.90 bits per heavy atom. The lowest BCUT2D eigenvalue weighted by Gasteiger charge is -2.42. The van der Waals surface area contributed by atoms with Gasteiger partial charge in [0.05, 0.1) is 0 Å². The van der Waals surface area contributed by atoms with Crippen LogP contribution < -0.4 is 4.90 Å². The van der Waals surface area contributed by atoms with E-state index >= 15 is 0 Å². The summed E-state index contributed by atoms with van der Waals surface area (Å²) in [5.41, 5.74) is 1.14. The molecule has 1 fully saturated rings. The van der Waals surface area contributed by atoms with Crippen molar-refractivity contribution in [3.63, 3.8) is 0 Å². The molecule has 6 heteroatoms. The number of rotatable bonds is 4. The second-order valence-electron chi connectivity index (χ2n) is 5.50. The standard InChI is InChI=1S/C15H22N2O3S/c1-3-13-11-16(14-7-5-4-6-8-14)9-10-17(13)15(18)12-21(2,19)20/h4-8,13H,3,9-12H2,1-2H3. The van der Waals surface area contributed by atoms with E-state index in [1.165, 1.54) is 0 Å². The fourth-order valence-electron chi connectivity index (χ4n) is 2.71. The molecule has 1 aliphatic rings. The van der Waals surface area contributed by atoms with Gasteiger partial charge in [-0.1, -0.05) is 25.1 Å². The van der Waals surface area contributed by atoms with E-state index < -0.39 is 15.6 Å². The molecular weight excluding hydrogens is 288 g/mol. The van der Waals surface area contributed by atoms with Crippen LogP contribution >= 0.6 is 0 Å². The Hall–Kier alpha value is -1.56. The molecule has 0 radical (unpaired) electrons. The van der Waals surface area contributed by atoms with Crippen molar-refractivity contribution in [2.75, 3.05) is 36.5 Å². The van der Waals surface area contributed by atoms with Gasteiger partial charge in [-0.25, -0.2) is 8.42 Å². The zero-order valence-corrected chi connectivity index (χ0v) is 13.3. The normalized spacial score (nSPS) is 19.6. The van der Waals surface area contributed by atoms with Gasteiger partial charge in [-0.3, -0.25) is 4.79 Å². The number of carbonyl (C=O) groups excluding carboxylic acids is 1. The second-order valence-corrected chi connectivity index (χ2v) is 7.64. The van der Waals surface area contributed by atoms with Crippen LogP contribution in [0.2, 0.25) is 0 Å². The fraction of sp³-hybridized carbons (Fsp3) is 0.533. The number of carbonyl (C=O) groups is 1. The highest BCUT2D eigenvalue weighted by atomic mass is 32.2. The average Bonchev–Trinajstić information content (AvgIpc) is 2.45. The lowest BCUT2D eigenvalue weighted by atomic mass is 10.1. The lowest BCUT2D eigenvalue weighted by molar-refractivity contribution is -0.131. The van der Waals surface area contributed by atoms with Crippen LogP contribution in [0.1, 0.15) is 13.3 Å². The van der Waals surface area contributed by atoms with E-state index in [9.17, 15) is 13.2 Å². The van der Waals surface area contributed by atoms with E-state index in [0.717, 1.165) is 31.5 Å². The van der Waals surface area contributed by atoms with Gasteiger partial charge in [-0.05, 0) is 18.6 Å². The first-order valence-electron chi connectivity index (χ1n) is 7.18. The molecule has 5 nitrogen and oxygen atoms in total. The second kappa shape index (κ2) is 6.47. The molecule has 1 aromatic rings. The molecule has 1 aliphatic heterocycles. The highest BCUT2D eigenvalue weighted by Crippen LogP contribution is 2.20. The molecule has 0 saturated carbocycles. The molecule has 1 amide bonds. The van der Waals surface area contributed by atoms with Crippen molar-refractivity contribution >= 4 is 21.4 Å². The van der Waals surface area contributed by atoms with Crippen LogP contribution in [0.15, 0.2) is 30.3 Å². The Labute approximate surface area is 126 Å². The minimum absolute atomic E-state index is 0.0632. The van der Waals surface area contributed by atoms with Crippen molar-refractivity contribution < 1.29 is 13.2 Å². The Kier molecular flexibility index (Phi) is 4.88. The van der Waals surface area contributed by atoms with Crippen LogP contribution in [-0.2, 0) is 14.6 Å². The van der Waals surface area contributed by atoms with Crippen LogP contribution in [-0.4, -0.2) is 56.9 Å². The van der Waals surface area contributed by atoms with E-state index in [0.29, 0.717) is 6.54 Å². The summed E-state index contributed by atoms with van der Waals surface area (Å²) in [5.74, 6) is -0.675. The molecule has 1 heterocycles. The highest BCUT2D eigenvalue weighted by molar-refractivity contribution is 7.91. The van der Waals surface area contributed by atoms with Gasteiger partial charge in [0.25, 0.3) is 0 Å². The van der Waals surface area contributed by atoms with Crippen molar-refractivity contribution in [2.24, 2.45) is 0 Å². The first kappa shape index (κ1) is 15.8. The Morgan fingerprint density at radius 1 is 1.24 bits per heavy atom. The summed E-state index contributed by atoms with van der Waals surface area (Å²) in [6, 6.07) is 10.1. The highest BCUT2D eigenvalue weighted by Gasteiger charge is 2.30. The predicted molar refractivity (Wildman–Crippen MR) is 84.2 cm³/mol. The van der Waals surface area contributed by atoms with E-state index in [1.807, 2.05) is 25.1 Å². The van der Waals surface area contributed by atoms with E-state index in [1.54, 1.807) is 4.90 Å². The summed E-state index contributed by atoms with van der Waals surface area (Å²) in [4.78, 5) is 16.1. The van der Waals surface area contributed by atoms with Gasteiger partial charge >= 0.3 is 0 Å². The van der Waals surface area contributed by atoms with Crippen molar-refractivity contribution in [3.8, 4) is 0 Å². The molecule has 21 heavy (non-hydrogen) atoms. The van der Waals surface area contributed by atoms with E-state index in [-0.39, 0.29) is 11.9 Å². The molecule has 1 saturated heterocycles. The third-order valence-electron chi connectivity index (χ3n) is 3.78. The molecule has 1 aromatic carbocycles. The quantitative estimate of drug-likeness (QED) is 0.837. The summed E-state index contributed by atoms with van der Waals surface area (Å²) in [6.45, 7) is 4.08. The van der Waals surface area contributed by atoms with Gasteiger partial charge in [0.1, 0.15) is 5.75 Å². The van der Waals surface area contributed by atoms with Crippen molar-refractivity contribution in [1.82, 2.24) is 4.90 Å². The maximum absolute atomic E-state index is 12.2. The fourth-order valence-corrected chi connectivity index (χ4v) is 3.33. The third-order valence-corrected chi connectivity index (χ3v) is 4.55. The van der Waals surface area contributed by atoms with Gasteiger partial charge < -0.3 is 9.80 Å². The first-order valence-corrected chi connectivity index (χ1v) is 9.24. The Bertz CT molecular complexity index is 586. The van der Waals surface area contributed by atoms with Crippen LogP contribution in [0.3, 0.4) is 0 Å². The van der Waals surface area contributed by atoms with Gasteiger partial charge in [-0.15, -0.1) is 0 Å². The summed E-state index contributed by atoms with van der Waals surface area (Å²) in [7, 11) is -3.27. The molecule has 0 bridgehead atoms. The zero-order chi connectivity index (χ0) is 15.5. The minimum Gasteiger partial charge on any atom is -0.368 e. The first-order chi connectivity index (χ1) is 9.90. The Morgan fingerprint density at radius 3 is 2.48 bits per heavy atom. The largest absolute Gasteiger partial charge is 0.368 e. The number of amides is 1. The van der Waals surface area contributed by atoms with Crippen LogP contribution in [0.4, 0.5) is 5.69 Å². The van der Waals surface area contributed by atoms with E-state index in [2.05, 4.69) is 17.0 Å². The third kappa shape index (κ3) is 4.20. The summed E-state index contributed by atoms with van der Waals surface area (Å²) in [5, 5.41) is 0. The molecule has 0 aromatic heterocycles. The zero-order valence-electron chi connectivity index (χ0n) is 12.5. The van der Waals surface area contributed by atoms with Crippen molar-refractivity contribution in [2.45, 2.75) is 19.4 Å². The number of benzene rings is 1. The monoisotopic (exact) mass is 310 g/mol. The molecule has 0 aliphatic carbocycles. The van der Waals surface area contributed by atoms with Gasteiger partial charge in [-0.2, -0.15) is 0 Å². The number of anilines is 1. The van der Waals surface area contributed by atoms with Gasteiger partial charge in [0.15, 0.2) is 9.84 Å². The Balaban J connectivity index is 2.07. The summed E-state index contributed by atoms with van der Waals surface area (Å²) in [6.07, 6.45) is 1.92. The number of sulfone groups is 1. The van der Waals surface area contributed by atoms with Crippen LogP contribution in [0.25, 0.3) is 0 Å². The maximum atomic E-state index is 12.2. The van der Waals surface area contributed by atoms with Crippen LogP contribution in [0, 0.1) is 0 Å². The summed E-state index contributed by atoms with van der Waals surface area (Å²) < 4.78 is 22.6. The molecule has 1 atom stereocenters. The predicted octanol–water partition coefficient (Wildman–Crippen LogP) is 1.16. The molecule has 2 rings (SSSR count). The molecule has 0 spiro atoms. The number of hydrogen-bond donors (Lipinski definition) is 0. The average molecular weight is 310 g/mol. The van der Waals surface area contributed by atoms with Gasteiger partial charge in [0.2, 0.25) is 5.91 Å². The smallest absolute Gasteiger partial charge is 0.238 e. The molecular formula is C15H22N2O3S. The number of nitrogens with zero attached hydrogens (tertiary/aromatic N) is 2. The molecule has 116 valence electrons. The van der Waals surface area contributed by atoms with Crippen molar-refractivity contribution in [3.05, 3.63) is 30.3 Å². The molecule has 0 N–H and O–H groups in total. The van der Waals surface area contributed by atoms with E-state index in [4.69, 9.17) is 0 Å². The SMILES string of the molecule is CCC1CN(c2ccccc2)CCN1C(=O)CS(C)(=O)=O. The summed E-state index contributed by atoms with van der Waals surface area (Å²) >= 11 is 0. The number of hydrogen-bond acceptors (Lipinski definition) is 4. The van der Waals surface area contributed by atoms with Crippen molar-refractivity contribution in [1.29, 1.82) is 0 Å². The number of para-hydroxylation sites is 1. The van der Waals surface area contributed by atoms with Crippen LogP contribution in [0.5, 0.6) is 0 Å². The number of piperazine rings is 1.